The lowest BCUT2D eigenvalue weighted by Crippen LogP contribution is -2.34. The lowest BCUT2D eigenvalue weighted by molar-refractivity contribution is 0.137. The predicted octanol–water partition coefficient (Wildman–Crippen LogP) is 10.3. The summed E-state index contributed by atoms with van der Waals surface area (Å²) in [4.78, 5) is 25.5. The Morgan fingerprint density at radius 2 is 1.33 bits per heavy atom. The van der Waals surface area contributed by atoms with E-state index < -0.39 is 12.7 Å². The molecule has 2 aliphatic rings. The number of aromatic nitrogens is 5. The molecule has 1 saturated heterocycles. The SMILES string of the molecule is CC1(C)COB(c2cc(-c3cc(-c4ccccc4)c4ccc5cccnc5c4n3)cc(-c3nc(C4=CCC(c5ccccc5)C=C4)nc(-c4ccccc4)n3)c2)O1. The molecule has 8 heteroatoms. The molecule has 10 rings (SSSR count). The van der Waals surface area contributed by atoms with E-state index in [1.54, 1.807) is 0 Å². The molecule has 8 aromatic rings. The molecule has 0 bridgehead atoms. The number of pyridine rings is 2. The molecule has 1 fully saturated rings. The van der Waals surface area contributed by atoms with Gasteiger partial charge in [0.15, 0.2) is 17.5 Å². The van der Waals surface area contributed by atoms with Crippen LogP contribution < -0.4 is 5.46 Å². The molecule has 274 valence electrons. The molecule has 7 nitrogen and oxygen atoms in total. The fourth-order valence-electron chi connectivity index (χ4n) is 7.78. The Morgan fingerprint density at radius 1 is 0.632 bits per heavy atom. The van der Waals surface area contributed by atoms with Gasteiger partial charge in [-0.05, 0) is 60.6 Å². The average Bonchev–Trinajstić information content (AvgIpc) is 3.65. The average molecular weight is 740 g/mol. The van der Waals surface area contributed by atoms with Gasteiger partial charge in [-0.25, -0.2) is 19.9 Å². The minimum atomic E-state index is -0.580. The summed E-state index contributed by atoms with van der Waals surface area (Å²) in [5, 5.41) is 2.07. The van der Waals surface area contributed by atoms with Crippen molar-refractivity contribution in [3.05, 3.63) is 175 Å². The van der Waals surface area contributed by atoms with Crippen molar-refractivity contribution >= 4 is 40.0 Å². The first-order valence-corrected chi connectivity index (χ1v) is 19.4. The highest BCUT2D eigenvalue weighted by molar-refractivity contribution is 6.62. The molecule has 5 aromatic carbocycles. The van der Waals surface area contributed by atoms with Crippen molar-refractivity contribution < 1.29 is 9.31 Å². The highest BCUT2D eigenvalue weighted by Crippen LogP contribution is 2.37. The maximum Gasteiger partial charge on any atom is 0.494 e. The van der Waals surface area contributed by atoms with Crippen molar-refractivity contribution in [3.63, 3.8) is 0 Å². The smallest absolute Gasteiger partial charge is 0.404 e. The van der Waals surface area contributed by atoms with Gasteiger partial charge in [-0.15, -0.1) is 0 Å². The number of hydrogen-bond donors (Lipinski definition) is 0. The first kappa shape index (κ1) is 34.9. The molecular weight excluding hydrogens is 701 g/mol. The summed E-state index contributed by atoms with van der Waals surface area (Å²) in [6.45, 7) is 4.57. The van der Waals surface area contributed by atoms with Crippen LogP contribution in [0.2, 0.25) is 0 Å². The Kier molecular flexibility index (Phi) is 8.85. The molecule has 1 aliphatic carbocycles. The second kappa shape index (κ2) is 14.5. The van der Waals surface area contributed by atoms with E-state index in [-0.39, 0.29) is 0 Å². The van der Waals surface area contributed by atoms with E-state index in [2.05, 4.69) is 115 Å². The van der Waals surface area contributed by atoms with E-state index in [4.69, 9.17) is 34.2 Å². The van der Waals surface area contributed by atoms with Crippen LogP contribution >= 0.6 is 0 Å². The molecule has 57 heavy (non-hydrogen) atoms. The maximum absolute atomic E-state index is 6.47. The van der Waals surface area contributed by atoms with Crippen molar-refractivity contribution in [2.45, 2.75) is 31.8 Å². The van der Waals surface area contributed by atoms with Crippen LogP contribution in [0.1, 0.15) is 37.6 Å². The van der Waals surface area contributed by atoms with Crippen molar-refractivity contribution in [2.75, 3.05) is 6.61 Å². The predicted molar refractivity (Wildman–Crippen MR) is 230 cm³/mol. The van der Waals surface area contributed by atoms with Gasteiger partial charge in [0.1, 0.15) is 0 Å². The summed E-state index contributed by atoms with van der Waals surface area (Å²) >= 11 is 0. The van der Waals surface area contributed by atoms with E-state index >= 15 is 0 Å². The van der Waals surface area contributed by atoms with E-state index in [1.807, 2.05) is 62.5 Å². The molecule has 0 saturated carbocycles. The number of allylic oxidation sites excluding steroid dienone is 4. The van der Waals surface area contributed by atoms with E-state index in [1.165, 1.54) is 5.56 Å². The van der Waals surface area contributed by atoms with Gasteiger partial charge in [0, 0.05) is 45.2 Å². The summed E-state index contributed by atoms with van der Waals surface area (Å²) in [5.41, 5.74) is 9.93. The number of nitrogens with zero attached hydrogens (tertiary/aromatic N) is 5. The van der Waals surface area contributed by atoms with Crippen molar-refractivity contribution in [2.24, 2.45) is 0 Å². The number of fused-ring (bicyclic) bond motifs is 3. The fraction of sp³-hybridized carbons (Fsp3) is 0.122. The highest BCUT2D eigenvalue weighted by atomic mass is 16.7. The highest BCUT2D eigenvalue weighted by Gasteiger charge is 2.38. The first-order chi connectivity index (χ1) is 27.9. The lowest BCUT2D eigenvalue weighted by atomic mass is 9.77. The molecule has 0 N–H and O–H groups in total. The molecular formula is C49H38BN5O2. The molecule has 1 atom stereocenters. The van der Waals surface area contributed by atoms with Crippen LogP contribution in [0.4, 0.5) is 0 Å². The Balaban J connectivity index is 1.16. The zero-order chi connectivity index (χ0) is 38.3. The largest absolute Gasteiger partial charge is 0.494 e. The summed E-state index contributed by atoms with van der Waals surface area (Å²) in [5.74, 6) is 2.07. The molecule has 0 spiro atoms. The topological polar surface area (TPSA) is 82.9 Å². The quantitative estimate of drug-likeness (QED) is 0.119. The molecule has 0 radical (unpaired) electrons. The molecule has 1 aliphatic heterocycles. The molecule has 1 unspecified atom stereocenters. The summed E-state index contributed by atoms with van der Waals surface area (Å²) < 4.78 is 12.8. The maximum atomic E-state index is 6.47. The van der Waals surface area contributed by atoms with Crippen LogP contribution in [-0.2, 0) is 9.31 Å². The lowest BCUT2D eigenvalue weighted by Gasteiger charge is -2.18. The third-order valence-corrected chi connectivity index (χ3v) is 10.7. The van der Waals surface area contributed by atoms with Crippen LogP contribution in [0.5, 0.6) is 0 Å². The molecule has 4 heterocycles. The van der Waals surface area contributed by atoms with Crippen LogP contribution in [0.3, 0.4) is 0 Å². The normalized spacial score (nSPS) is 16.3. The Morgan fingerprint density at radius 3 is 2.05 bits per heavy atom. The summed E-state index contributed by atoms with van der Waals surface area (Å²) in [7, 11) is -0.580. The summed E-state index contributed by atoms with van der Waals surface area (Å²) in [6, 6.07) is 47.9. The molecule has 0 amide bonds. The standard InChI is InChI=1S/C49H38BN5O2/c1-49(2)31-56-50(57-49)40-28-38(43-30-42(34-15-8-4-9-16-34)41-25-24-35-19-12-26-51-44(35)45(41)52-43)27-39(29-40)48-54-46(36-17-10-5-11-18-36)53-47(55-48)37-22-20-33(21-23-37)32-13-6-3-7-14-32/h3-20,22-30,33H,21,31H2,1-2H3. The Hall–Kier alpha value is -6.61. The van der Waals surface area contributed by atoms with E-state index in [9.17, 15) is 0 Å². The van der Waals surface area contributed by atoms with Crippen molar-refractivity contribution in [1.82, 2.24) is 24.9 Å². The minimum Gasteiger partial charge on any atom is -0.404 e. The number of hydrogen-bond acceptors (Lipinski definition) is 7. The number of benzene rings is 5. The zero-order valence-electron chi connectivity index (χ0n) is 31.7. The van der Waals surface area contributed by atoms with Gasteiger partial charge >= 0.3 is 7.12 Å². The van der Waals surface area contributed by atoms with Crippen LogP contribution in [0, 0.1) is 0 Å². The third-order valence-electron chi connectivity index (χ3n) is 10.7. The zero-order valence-corrected chi connectivity index (χ0v) is 31.7. The number of rotatable bonds is 7. The second-order valence-corrected chi connectivity index (χ2v) is 15.3. The Labute approximate surface area is 332 Å². The van der Waals surface area contributed by atoms with Gasteiger partial charge in [-0.1, -0.05) is 140 Å². The van der Waals surface area contributed by atoms with Gasteiger partial charge in [-0.2, -0.15) is 0 Å². The summed E-state index contributed by atoms with van der Waals surface area (Å²) in [6.07, 6.45) is 9.30. The third kappa shape index (κ3) is 6.95. The van der Waals surface area contributed by atoms with E-state index in [0.29, 0.717) is 30.0 Å². The Bertz CT molecular complexity index is 2840. The van der Waals surface area contributed by atoms with Crippen molar-refractivity contribution in [3.8, 4) is 45.2 Å². The monoisotopic (exact) mass is 739 g/mol. The van der Waals surface area contributed by atoms with Gasteiger partial charge < -0.3 is 9.31 Å². The van der Waals surface area contributed by atoms with Crippen LogP contribution in [0.25, 0.3) is 72.5 Å². The van der Waals surface area contributed by atoms with Gasteiger partial charge in [-0.3, -0.25) is 4.98 Å². The van der Waals surface area contributed by atoms with Crippen LogP contribution in [-0.4, -0.2) is 44.2 Å². The van der Waals surface area contributed by atoms with Gasteiger partial charge in [0.25, 0.3) is 0 Å². The van der Waals surface area contributed by atoms with Gasteiger partial charge in [0.2, 0.25) is 0 Å². The molecule has 3 aromatic heterocycles. The first-order valence-electron chi connectivity index (χ1n) is 19.4. The second-order valence-electron chi connectivity index (χ2n) is 15.3. The van der Waals surface area contributed by atoms with E-state index in [0.717, 1.165) is 72.8 Å². The fourth-order valence-corrected chi connectivity index (χ4v) is 7.78. The van der Waals surface area contributed by atoms with Crippen LogP contribution in [0.15, 0.2) is 164 Å². The van der Waals surface area contributed by atoms with Gasteiger partial charge in [0.05, 0.1) is 28.9 Å². The minimum absolute atomic E-state index is 0.294. The van der Waals surface area contributed by atoms with Crippen molar-refractivity contribution in [1.29, 1.82) is 0 Å².